The van der Waals surface area contributed by atoms with Crippen LogP contribution in [0.2, 0.25) is 0 Å². The molecule has 0 aliphatic carbocycles. The lowest BCUT2D eigenvalue weighted by Crippen LogP contribution is -2.35. The highest BCUT2D eigenvalue weighted by Crippen LogP contribution is 2.18. The van der Waals surface area contributed by atoms with Crippen LogP contribution in [0.25, 0.3) is 10.9 Å². The summed E-state index contributed by atoms with van der Waals surface area (Å²) in [5.74, 6) is 1.00. The number of pyridine rings is 1. The number of likely N-dealkylation sites (tertiary alicyclic amines) is 1. The molecule has 1 N–H and O–H groups in total. The molecule has 1 fully saturated rings. The van der Waals surface area contributed by atoms with Crippen molar-refractivity contribution in [2.45, 2.75) is 25.9 Å². The fraction of sp³-hybridized carbons (Fsp3) is 0.300. The van der Waals surface area contributed by atoms with E-state index in [1.54, 1.807) is 42.7 Å². The number of aromatic amines is 1. The number of hydrogen-bond donors (Lipinski definition) is 1. The Kier molecular flexibility index (Phi) is 4.82. The lowest BCUT2D eigenvalue weighted by Gasteiger charge is -2.26. The van der Waals surface area contributed by atoms with Gasteiger partial charge in [0.2, 0.25) is 0 Å². The first kappa shape index (κ1) is 17.2. The minimum Gasteiger partial charge on any atom is -0.486 e. The van der Waals surface area contributed by atoms with E-state index in [1.165, 1.54) is 6.42 Å². The number of H-pyrrole nitrogens is 1. The zero-order chi connectivity index (χ0) is 18.6. The van der Waals surface area contributed by atoms with Crippen LogP contribution in [0.5, 0.6) is 5.75 Å². The van der Waals surface area contributed by atoms with Crippen LogP contribution in [0, 0.1) is 0 Å². The molecular formula is C20H20N4O3. The molecular weight excluding hydrogens is 344 g/mol. The Bertz CT molecular complexity index is 1020. The molecule has 0 atom stereocenters. The fourth-order valence-electron chi connectivity index (χ4n) is 3.26. The van der Waals surface area contributed by atoms with Gasteiger partial charge < -0.3 is 14.6 Å². The number of benzene rings is 1. The highest BCUT2D eigenvalue weighted by molar-refractivity contribution is 5.94. The third-order valence-electron chi connectivity index (χ3n) is 4.66. The van der Waals surface area contributed by atoms with E-state index in [0.717, 1.165) is 25.9 Å². The lowest BCUT2D eigenvalue weighted by atomic mass is 10.1. The molecule has 0 bridgehead atoms. The van der Waals surface area contributed by atoms with Crippen LogP contribution in [-0.2, 0) is 6.61 Å². The van der Waals surface area contributed by atoms with E-state index in [-0.39, 0.29) is 18.1 Å². The summed E-state index contributed by atoms with van der Waals surface area (Å²) in [4.78, 5) is 37.7. The number of aromatic nitrogens is 3. The number of nitrogens with one attached hydrogen (secondary N) is 1. The minimum absolute atomic E-state index is 0.0310. The topological polar surface area (TPSA) is 88.2 Å². The van der Waals surface area contributed by atoms with Crippen molar-refractivity contribution in [3.63, 3.8) is 0 Å². The molecule has 3 heterocycles. The summed E-state index contributed by atoms with van der Waals surface area (Å²) in [5, 5.41) is 0.489. The Labute approximate surface area is 156 Å². The number of hydrogen-bond acceptors (Lipinski definition) is 5. The highest BCUT2D eigenvalue weighted by Gasteiger charge is 2.18. The maximum Gasteiger partial charge on any atom is 0.258 e. The van der Waals surface area contributed by atoms with Gasteiger partial charge >= 0.3 is 0 Å². The summed E-state index contributed by atoms with van der Waals surface area (Å²) in [6.45, 7) is 1.71. The van der Waals surface area contributed by atoms with E-state index in [0.29, 0.717) is 28.0 Å². The van der Waals surface area contributed by atoms with Gasteiger partial charge in [0.1, 0.15) is 18.2 Å². The molecule has 0 radical (unpaired) electrons. The maximum absolute atomic E-state index is 12.6. The zero-order valence-electron chi connectivity index (χ0n) is 14.9. The van der Waals surface area contributed by atoms with E-state index >= 15 is 0 Å². The van der Waals surface area contributed by atoms with Crippen molar-refractivity contribution in [3.05, 3.63) is 64.5 Å². The fourth-order valence-corrected chi connectivity index (χ4v) is 3.26. The quantitative estimate of drug-likeness (QED) is 0.768. The van der Waals surface area contributed by atoms with E-state index in [2.05, 4.69) is 15.0 Å². The Balaban J connectivity index is 1.49. The minimum atomic E-state index is -0.227. The maximum atomic E-state index is 12.6. The lowest BCUT2D eigenvalue weighted by molar-refractivity contribution is 0.0724. The number of fused-ring (bicyclic) bond motifs is 1. The molecule has 3 aromatic rings. The third-order valence-corrected chi connectivity index (χ3v) is 4.66. The molecule has 2 aromatic heterocycles. The van der Waals surface area contributed by atoms with Gasteiger partial charge in [0.25, 0.3) is 11.5 Å². The van der Waals surface area contributed by atoms with Gasteiger partial charge in [-0.15, -0.1) is 0 Å². The number of nitrogens with zero attached hydrogens (tertiary/aromatic N) is 3. The predicted octanol–water partition coefficient (Wildman–Crippen LogP) is 2.52. The Morgan fingerprint density at radius 2 is 2.04 bits per heavy atom. The van der Waals surface area contributed by atoms with Crippen LogP contribution in [-0.4, -0.2) is 38.8 Å². The molecule has 7 heteroatoms. The second-order valence-corrected chi connectivity index (χ2v) is 6.57. The SMILES string of the molecule is O=C(c1cccc(OCc2nc3cnccc3c(=O)[nH]2)c1)N1CCCCC1. The summed E-state index contributed by atoms with van der Waals surface area (Å²) in [6, 6.07) is 8.74. The average Bonchev–Trinajstić information content (AvgIpc) is 2.73. The molecule has 1 saturated heterocycles. The van der Waals surface area contributed by atoms with Crippen molar-refractivity contribution in [3.8, 4) is 5.75 Å². The van der Waals surface area contributed by atoms with E-state index in [4.69, 9.17) is 4.74 Å². The second-order valence-electron chi connectivity index (χ2n) is 6.57. The summed E-state index contributed by atoms with van der Waals surface area (Å²) in [6.07, 6.45) is 6.39. The Morgan fingerprint density at radius 3 is 2.89 bits per heavy atom. The number of rotatable bonds is 4. The monoisotopic (exact) mass is 364 g/mol. The van der Waals surface area contributed by atoms with Crippen molar-refractivity contribution < 1.29 is 9.53 Å². The van der Waals surface area contributed by atoms with Gasteiger partial charge in [-0.2, -0.15) is 0 Å². The molecule has 1 aromatic carbocycles. The van der Waals surface area contributed by atoms with Gasteiger partial charge in [-0.25, -0.2) is 4.98 Å². The highest BCUT2D eigenvalue weighted by atomic mass is 16.5. The normalized spacial score (nSPS) is 14.3. The molecule has 4 rings (SSSR count). The Morgan fingerprint density at radius 1 is 1.19 bits per heavy atom. The first-order valence-electron chi connectivity index (χ1n) is 9.06. The van der Waals surface area contributed by atoms with Gasteiger partial charge in [0.15, 0.2) is 0 Å². The number of amides is 1. The van der Waals surface area contributed by atoms with Crippen molar-refractivity contribution in [2.75, 3.05) is 13.1 Å². The van der Waals surface area contributed by atoms with Crippen LogP contribution < -0.4 is 10.3 Å². The number of carbonyl (C=O) groups is 1. The van der Waals surface area contributed by atoms with Crippen molar-refractivity contribution >= 4 is 16.8 Å². The molecule has 0 spiro atoms. The zero-order valence-corrected chi connectivity index (χ0v) is 14.9. The number of piperidine rings is 1. The van der Waals surface area contributed by atoms with E-state index < -0.39 is 0 Å². The second kappa shape index (κ2) is 7.57. The average molecular weight is 364 g/mol. The van der Waals surface area contributed by atoms with Crippen LogP contribution in [0.3, 0.4) is 0 Å². The Hall–Kier alpha value is -3.22. The van der Waals surface area contributed by atoms with Crippen molar-refractivity contribution in [1.29, 1.82) is 0 Å². The molecule has 138 valence electrons. The summed E-state index contributed by atoms with van der Waals surface area (Å²) in [5.41, 5.74) is 0.905. The van der Waals surface area contributed by atoms with E-state index in [9.17, 15) is 9.59 Å². The predicted molar refractivity (Wildman–Crippen MR) is 101 cm³/mol. The van der Waals surface area contributed by atoms with E-state index in [1.807, 2.05) is 4.90 Å². The van der Waals surface area contributed by atoms with Gasteiger partial charge in [0.05, 0.1) is 17.1 Å². The summed E-state index contributed by atoms with van der Waals surface area (Å²) >= 11 is 0. The standard InChI is InChI=1S/C20H20N4O3/c25-19-16-7-8-21-12-17(16)22-18(23-19)13-27-15-6-4-5-14(11-15)20(26)24-9-2-1-3-10-24/h4-8,11-12H,1-3,9-10,13H2,(H,22,23,25). The van der Waals surface area contributed by atoms with Gasteiger partial charge in [-0.1, -0.05) is 6.07 Å². The van der Waals surface area contributed by atoms with Crippen LogP contribution in [0.15, 0.2) is 47.5 Å². The summed E-state index contributed by atoms with van der Waals surface area (Å²) < 4.78 is 5.75. The smallest absolute Gasteiger partial charge is 0.258 e. The van der Waals surface area contributed by atoms with Gasteiger partial charge in [0, 0.05) is 24.8 Å². The molecule has 1 aliphatic heterocycles. The first-order chi connectivity index (χ1) is 13.2. The van der Waals surface area contributed by atoms with Gasteiger partial charge in [-0.3, -0.25) is 14.6 Å². The van der Waals surface area contributed by atoms with Crippen molar-refractivity contribution in [2.24, 2.45) is 0 Å². The van der Waals surface area contributed by atoms with Gasteiger partial charge in [-0.05, 0) is 43.5 Å². The van der Waals surface area contributed by atoms with Crippen LogP contribution in [0.1, 0.15) is 35.4 Å². The number of carbonyl (C=O) groups excluding carboxylic acids is 1. The number of ether oxygens (including phenoxy) is 1. The summed E-state index contributed by atoms with van der Waals surface area (Å²) in [7, 11) is 0. The molecule has 0 saturated carbocycles. The third kappa shape index (κ3) is 3.81. The molecule has 0 unspecified atom stereocenters. The van der Waals surface area contributed by atoms with Crippen LogP contribution >= 0.6 is 0 Å². The van der Waals surface area contributed by atoms with Crippen molar-refractivity contribution in [1.82, 2.24) is 19.9 Å². The molecule has 7 nitrogen and oxygen atoms in total. The molecule has 1 amide bonds. The van der Waals surface area contributed by atoms with Crippen LogP contribution in [0.4, 0.5) is 0 Å². The molecule has 27 heavy (non-hydrogen) atoms. The first-order valence-corrected chi connectivity index (χ1v) is 9.06. The molecule has 1 aliphatic rings. The largest absolute Gasteiger partial charge is 0.486 e.